The summed E-state index contributed by atoms with van der Waals surface area (Å²) in [6.45, 7) is 3.83. The first-order chi connectivity index (χ1) is 18.5. The Morgan fingerprint density at radius 2 is 2.03 bits per heavy atom. The molecule has 11 nitrogen and oxygen atoms in total. The molecule has 0 aromatic carbocycles. The Hall–Kier alpha value is -4.75. The van der Waals surface area contributed by atoms with Gasteiger partial charge in [-0.2, -0.15) is 13.2 Å². The number of nitrogens with one attached hydrogen (secondary N) is 1. The van der Waals surface area contributed by atoms with Gasteiger partial charge < -0.3 is 19.3 Å². The van der Waals surface area contributed by atoms with Gasteiger partial charge in [-0.1, -0.05) is 11.2 Å². The van der Waals surface area contributed by atoms with E-state index >= 15 is 0 Å². The number of carbonyl (C=O) groups excluding carboxylic acids is 2. The third-order valence-corrected chi connectivity index (χ3v) is 6.28. The van der Waals surface area contributed by atoms with E-state index in [1.54, 1.807) is 42.5 Å². The fourth-order valence-electron chi connectivity index (χ4n) is 4.26. The predicted octanol–water partition coefficient (Wildman–Crippen LogP) is 4.43. The van der Waals surface area contributed by atoms with E-state index in [-0.39, 0.29) is 36.2 Å². The van der Waals surface area contributed by atoms with Crippen LogP contribution >= 0.6 is 0 Å². The summed E-state index contributed by atoms with van der Waals surface area (Å²) < 4.78 is 46.1. The number of amides is 3. The van der Waals surface area contributed by atoms with E-state index in [0.717, 1.165) is 12.3 Å². The van der Waals surface area contributed by atoms with E-state index < -0.39 is 23.7 Å². The molecule has 0 unspecified atom stereocenters. The lowest BCUT2D eigenvalue weighted by Gasteiger charge is -2.33. The van der Waals surface area contributed by atoms with Crippen molar-refractivity contribution in [1.82, 2.24) is 29.6 Å². The van der Waals surface area contributed by atoms with Crippen LogP contribution in [0.5, 0.6) is 0 Å². The molecule has 5 heterocycles. The fraction of sp³-hybridized carbons (Fsp3) is 0.280. The summed E-state index contributed by atoms with van der Waals surface area (Å²) >= 11 is 0. The van der Waals surface area contributed by atoms with Gasteiger partial charge in [0.25, 0.3) is 0 Å². The number of urea groups is 1. The summed E-state index contributed by atoms with van der Waals surface area (Å²) in [7, 11) is 1.60. The van der Waals surface area contributed by atoms with Crippen molar-refractivity contribution in [3.05, 3.63) is 71.8 Å². The van der Waals surface area contributed by atoms with Gasteiger partial charge in [-0.25, -0.2) is 14.8 Å². The molecule has 0 saturated heterocycles. The number of aryl methyl sites for hydroxylation is 1. The Morgan fingerprint density at radius 3 is 2.74 bits per heavy atom. The molecule has 4 aromatic rings. The van der Waals surface area contributed by atoms with Gasteiger partial charge in [0.1, 0.15) is 23.3 Å². The van der Waals surface area contributed by atoms with Crippen LogP contribution in [-0.2, 0) is 24.1 Å². The molecule has 5 rings (SSSR count). The number of nitrogens with zero attached hydrogens (tertiary/aromatic N) is 7. The van der Waals surface area contributed by atoms with E-state index in [9.17, 15) is 22.8 Å². The number of rotatable bonds is 6. The van der Waals surface area contributed by atoms with Crippen molar-refractivity contribution in [3.63, 3.8) is 0 Å². The molecule has 14 heteroatoms. The monoisotopic (exact) mass is 540 g/mol. The smallest absolute Gasteiger partial charge is 0.361 e. The summed E-state index contributed by atoms with van der Waals surface area (Å²) in [4.78, 5) is 41.3. The minimum absolute atomic E-state index is 0.158. The van der Waals surface area contributed by atoms with Crippen LogP contribution in [0.25, 0.3) is 11.3 Å². The minimum atomic E-state index is -4.55. The van der Waals surface area contributed by atoms with Crippen LogP contribution in [0.15, 0.2) is 53.6 Å². The van der Waals surface area contributed by atoms with Crippen LogP contribution in [0.1, 0.15) is 35.7 Å². The normalized spacial score (nSPS) is 14.4. The summed E-state index contributed by atoms with van der Waals surface area (Å²) in [6.07, 6.45) is -1.05. The van der Waals surface area contributed by atoms with E-state index in [1.165, 1.54) is 29.6 Å². The second kappa shape index (κ2) is 9.85. The molecule has 1 aliphatic heterocycles. The molecule has 1 atom stereocenters. The third-order valence-electron chi connectivity index (χ3n) is 6.28. The Kier molecular flexibility index (Phi) is 6.54. The molecule has 0 spiro atoms. The van der Waals surface area contributed by atoms with Gasteiger partial charge in [0.15, 0.2) is 5.82 Å². The van der Waals surface area contributed by atoms with Crippen LogP contribution in [0.4, 0.5) is 29.6 Å². The van der Waals surface area contributed by atoms with Crippen LogP contribution < -0.4 is 10.2 Å². The van der Waals surface area contributed by atoms with Gasteiger partial charge in [-0.05, 0) is 32.0 Å². The van der Waals surface area contributed by atoms with E-state index in [1.807, 2.05) is 0 Å². The van der Waals surface area contributed by atoms with E-state index in [0.29, 0.717) is 23.0 Å². The number of carbonyl (C=O) groups is 2. The van der Waals surface area contributed by atoms with Crippen molar-refractivity contribution in [3.8, 4) is 11.3 Å². The average Bonchev–Trinajstić information content (AvgIpc) is 3.52. The van der Waals surface area contributed by atoms with Gasteiger partial charge in [0.05, 0.1) is 36.4 Å². The first-order valence-electron chi connectivity index (χ1n) is 11.8. The molecule has 4 aromatic heterocycles. The zero-order valence-electron chi connectivity index (χ0n) is 21.1. The maximum absolute atomic E-state index is 13.2. The third kappa shape index (κ3) is 5.17. The van der Waals surface area contributed by atoms with Gasteiger partial charge in [0, 0.05) is 31.1 Å². The van der Waals surface area contributed by atoms with Gasteiger partial charge >= 0.3 is 12.2 Å². The fourth-order valence-corrected chi connectivity index (χ4v) is 4.26. The minimum Gasteiger partial charge on any atom is -0.361 e. The molecule has 39 heavy (non-hydrogen) atoms. The lowest BCUT2D eigenvalue weighted by molar-refractivity contribution is -0.137. The van der Waals surface area contributed by atoms with Crippen LogP contribution in [0.3, 0.4) is 0 Å². The summed E-state index contributed by atoms with van der Waals surface area (Å²) in [5.74, 6) is 0.788. The second-order valence-corrected chi connectivity index (χ2v) is 9.08. The largest absolute Gasteiger partial charge is 0.417 e. The topological polar surface area (TPSA) is 122 Å². The van der Waals surface area contributed by atoms with Crippen molar-refractivity contribution < 1.29 is 27.3 Å². The highest BCUT2D eigenvalue weighted by molar-refractivity contribution is 5.94. The highest BCUT2D eigenvalue weighted by atomic mass is 19.4. The Bertz CT molecular complexity index is 1550. The number of pyridine rings is 2. The number of anilines is 2. The van der Waals surface area contributed by atoms with Crippen molar-refractivity contribution >= 4 is 23.6 Å². The van der Waals surface area contributed by atoms with Gasteiger partial charge in [-0.3, -0.25) is 14.7 Å². The molecule has 3 amide bonds. The summed E-state index contributed by atoms with van der Waals surface area (Å²) in [5, 5.41) is 6.66. The number of imidazole rings is 1. The molecule has 0 fully saturated rings. The molecule has 1 aliphatic rings. The predicted molar refractivity (Wildman–Crippen MR) is 132 cm³/mol. The molecule has 202 valence electrons. The van der Waals surface area contributed by atoms with E-state index in [4.69, 9.17) is 4.52 Å². The second-order valence-electron chi connectivity index (χ2n) is 9.08. The molecular weight excluding hydrogens is 517 g/mol. The number of aromatic nitrogens is 5. The van der Waals surface area contributed by atoms with Gasteiger partial charge in [0.2, 0.25) is 5.91 Å². The van der Waals surface area contributed by atoms with Crippen LogP contribution in [0.2, 0.25) is 0 Å². The van der Waals surface area contributed by atoms with Crippen LogP contribution in [0, 0.1) is 6.92 Å². The molecule has 1 N–H and O–H groups in total. The quantitative estimate of drug-likeness (QED) is 0.384. The van der Waals surface area contributed by atoms with Crippen molar-refractivity contribution in [2.75, 3.05) is 17.3 Å². The highest BCUT2D eigenvalue weighted by Gasteiger charge is 2.34. The zero-order valence-corrected chi connectivity index (χ0v) is 21.1. The summed E-state index contributed by atoms with van der Waals surface area (Å²) in [5.41, 5.74) is 0.727. The number of fused-ring (bicyclic) bond motifs is 1. The number of halogens is 3. The summed E-state index contributed by atoms with van der Waals surface area (Å²) in [6, 6.07) is 6.31. The molecule has 0 bridgehead atoms. The lowest BCUT2D eigenvalue weighted by atomic mass is 10.1. The Morgan fingerprint density at radius 1 is 1.23 bits per heavy atom. The number of hydrogen-bond donors (Lipinski definition) is 1. The molecule has 0 aliphatic carbocycles. The Labute approximate surface area is 220 Å². The maximum atomic E-state index is 13.2. The van der Waals surface area contributed by atoms with Crippen molar-refractivity contribution in [1.29, 1.82) is 0 Å². The zero-order chi connectivity index (χ0) is 27.9. The molecule has 0 saturated carbocycles. The van der Waals surface area contributed by atoms with Crippen LogP contribution in [-0.4, -0.2) is 48.6 Å². The first-order valence-corrected chi connectivity index (χ1v) is 11.8. The molecule has 0 radical (unpaired) electrons. The highest BCUT2D eigenvalue weighted by Crippen LogP contribution is 2.32. The first kappa shape index (κ1) is 25.9. The SMILES string of the molecule is Cc1cc(CN2Cc3c(ncn3[C@@H](C)C(=O)Nc3cccc(-c4cncc(C(F)(F)F)c4)n3)N(C)C2=O)no1. The lowest BCUT2D eigenvalue weighted by Crippen LogP contribution is -2.45. The molecular formula is C25H23F3N8O3. The van der Waals surface area contributed by atoms with E-state index in [2.05, 4.69) is 25.4 Å². The number of alkyl halides is 3. The number of hydrogen-bond acceptors (Lipinski definition) is 7. The average molecular weight is 541 g/mol. The van der Waals surface area contributed by atoms with Gasteiger partial charge in [-0.15, -0.1) is 0 Å². The van der Waals surface area contributed by atoms with Crippen molar-refractivity contribution in [2.45, 2.75) is 39.2 Å². The Balaban J connectivity index is 1.34. The van der Waals surface area contributed by atoms with Crippen molar-refractivity contribution in [2.24, 2.45) is 0 Å². The maximum Gasteiger partial charge on any atom is 0.417 e. The standard InChI is InChI=1S/C25H23F3N8O3/c1-14-7-18(33-39-14)11-35-12-20-22(34(3)24(35)38)30-13-36(20)15(2)23(37)32-21-6-4-5-19(31-21)16-8-17(10-29-9-16)25(26,27)28/h4-10,13,15H,11-12H2,1-3H3,(H,31,32,37)/t15-/m0/s1.